The average molecular weight is 703 g/mol. The molecule has 2 atom stereocenters. The van der Waals surface area contributed by atoms with E-state index >= 15 is 0 Å². The molecule has 0 saturated carbocycles. The molecule has 1 aliphatic heterocycles. The number of hydrogen-bond acceptors (Lipinski definition) is 4. The van der Waals surface area contributed by atoms with Crippen LogP contribution < -0.4 is 10.2 Å². The van der Waals surface area contributed by atoms with Gasteiger partial charge in [0.25, 0.3) is 0 Å². The Morgan fingerprint density at radius 2 is 1.23 bits per heavy atom. The van der Waals surface area contributed by atoms with Crippen molar-refractivity contribution in [1.29, 1.82) is 0 Å². The van der Waals surface area contributed by atoms with Gasteiger partial charge in [-0.2, -0.15) is 0 Å². The van der Waals surface area contributed by atoms with Gasteiger partial charge in [0, 0.05) is 32.4 Å². The van der Waals surface area contributed by atoms with E-state index in [1.165, 1.54) is 23.8 Å². The fourth-order valence-corrected chi connectivity index (χ4v) is 6.30. The van der Waals surface area contributed by atoms with Gasteiger partial charge in [-0.15, -0.1) is 0 Å². The highest BCUT2D eigenvalue weighted by molar-refractivity contribution is 9.10. The lowest BCUT2D eigenvalue weighted by molar-refractivity contribution is -0.136. The molecule has 43 heavy (non-hydrogen) atoms. The lowest BCUT2D eigenvalue weighted by Crippen LogP contribution is -2.41. The summed E-state index contributed by atoms with van der Waals surface area (Å²) in [6.07, 6.45) is 0.595. The highest BCUT2D eigenvalue weighted by Gasteiger charge is 2.41. The molecule has 4 nitrogen and oxygen atoms in total. The topological polar surface area (TPSA) is 41.6 Å². The third-order valence-corrected chi connectivity index (χ3v) is 9.24. The number of benzene rings is 4. The third-order valence-electron chi connectivity index (χ3n) is 8.19. The number of carbonyl (C=O) groups is 1. The minimum absolute atomic E-state index is 0.0523. The maximum atomic E-state index is 13.8. The summed E-state index contributed by atoms with van der Waals surface area (Å²) in [6.45, 7) is 8.82. The summed E-state index contributed by atoms with van der Waals surface area (Å²) < 4.78 is 7.50. The maximum absolute atomic E-state index is 13.8. The van der Waals surface area contributed by atoms with Crippen molar-refractivity contribution in [2.24, 2.45) is 0 Å². The number of nitrogens with one attached hydrogen (secondary N) is 1. The number of rotatable bonds is 8. The van der Waals surface area contributed by atoms with Crippen LogP contribution >= 0.6 is 31.9 Å². The van der Waals surface area contributed by atoms with Gasteiger partial charge in [0.05, 0.1) is 24.8 Å². The molecule has 1 aliphatic rings. The van der Waals surface area contributed by atoms with E-state index in [9.17, 15) is 4.79 Å². The van der Waals surface area contributed by atoms with Crippen LogP contribution in [0.5, 0.6) is 0 Å². The van der Waals surface area contributed by atoms with Crippen molar-refractivity contribution >= 4 is 49.2 Å². The minimum Gasteiger partial charge on any atom is -0.466 e. The summed E-state index contributed by atoms with van der Waals surface area (Å²) >= 11 is 7.16. The number of ether oxygens (including phenoxy) is 1. The summed E-state index contributed by atoms with van der Waals surface area (Å²) in [5.41, 5.74) is 8.20. The number of anilines is 2. The molecule has 0 spiro atoms. The van der Waals surface area contributed by atoms with E-state index in [-0.39, 0.29) is 12.0 Å². The second kappa shape index (κ2) is 13.5. The molecule has 0 saturated heterocycles. The number of halogens is 2. The first kappa shape index (κ1) is 31.1. The number of hydrogen-bond donors (Lipinski definition) is 1. The zero-order chi connectivity index (χ0) is 30.7. The highest BCUT2D eigenvalue weighted by atomic mass is 79.9. The van der Waals surface area contributed by atoms with Crippen LogP contribution in [-0.4, -0.2) is 13.1 Å². The zero-order valence-electron chi connectivity index (χ0n) is 25.3. The van der Waals surface area contributed by atoms with Crippen LogP contribution in [0, 0.1) is 0 Å². The molecule has 4 aromatic rings. The molecular weight excluding hydrogens is 664 g/mol. The van der Waals surface area contributed by atoms with Crippen LogP contribution in [0.1, 0.15) is 80.3 Å². The van der Waals surface area contributed by atoms with Gasteiger partial charge in [-0.05, 0) is 82.6 Å². The van der Waals surface area contributed by atoms with Gasteiger partial charge in [0.1, 0.15) is 0 Å². The predicted octanol–water partition coefficient (Wildman–Crippen LogP) is 10.7. The molecule has 6 heteroatoms. The van der Waals surface area contributed by atoms with Crippen LogP contribution in [0.4, 0.5) is 11.4 Å². The monoisotopic (exact) mass is 700 g/mol. The van der Waals surface area contributed by atoms with E-state index < -0.39 is 6.04 Å². The van der Waals surface area contributed by atoms with Crippen molar-refractivity contribution < 1.29 is 9.53 Å². The van der Waals surface area contributed by atoms with Crippen LogP contribution in [0.2, 0.25) is 0 Å². The van der Waals surface area contributed by atoms with E-state index in [4.69, 9.17) is 4.74 Å². The lowest BCUT2D eigenvalue weighted by atomic mass is 9.83. The SMILES string of the molecule is COC(=O)C1=C(Nc2ccc(Br)cc2)CC(c2ccc(C(C)C)cc2)N(c2ccc(Br)cc2)C1c1ccc(C(C)C)cc1. The number of carbonyl (C=O) groups excluding carboxylic acids is 1. The molecule has 0 fully saturated rings. The van der Waals surface area contributed by atoms with Gasteiger partial charge >= 0.3 is 5.97 Å². The zero-order valence-corrected chi connectivity index (χ0v) is 28.4. The Kier molecular flexibility index (Phi) is 9.78. The molecular formula is C37H38Br2N2O2. The molecule has 0 aliphatic carbocycles. The van der Waals surface area contributed by atoms with Crippen molar-refractivity contribution in [3.63, 3.8) is 0 Å². The third kappa shape index (κ3) is 6.91. The van der Waals surface area contributed by atoms with Crippen LogP contribution in [0.3, 0.4) is 0 Å². The largest absolute Gasteiger partial charge is 0.466 e. The number of esters is 1. The van der Waals surface area contributed by atoms with Gasteiger partial charge in [-0.25, -0.2) is 4.79 Å². The van der Waals surface area contributed by atoms with E-state index in [1.807, 2.05) is 24.3 Å². The first-order chi connectivity index (χ1) is 20.7. The Hall–Kier alpha value is -3.35. The van der Waals surface area contributed by atoms with E-state index in [0.29, 0.717) is 23.8 Å². The molecule has 0 amide bonds. The summed E-state index contributed by atoms with van der Waals surface area (Å²) in [5.74, 6) is 0.504. The maximum Gasteiger partial charge on any atom is 0.337 e. The number of nitrogens with zero attached hydrogens (tertiary/aromatic N) is 1. The first-order valence-electron chi connectivity index (χ1n) is 14.7. The van der Waals surface area contributed by atoms with Gasteiger partial charge in [0.2, 0.25) is 0 Å². The van der Waals surface area contributed by atoms with Gasteiger partial charge < -0.3 is 15.0 Å². The van der Waals surface area contributed by atoms with Crippen LogP contribution in [0.15, 0.2) is 117 Å². The fraction of sp³-hybridized carbons (Fsp3) is 0.270. The summed E-state index contributed by atoms with van der Waals surface area (Å²) in [6, 6.07) is 33.6. The highest BCUT2D eigenvalue weighted by Crippen LogP contribution is 2.48. The van der Waals surface area contributed by atoms with E-state index in [2.05, 4.69) is 143 Å². The normalized spacial score (nSPS) is 17.0. The van der Waals surface area contributed by atoms with Crippen molar-refractivity contribution in [2.45, 2.75) is 58.0 Å². The fourth-order valence-electron chi connectivity index (χ4n) is 5.77. The minimum atomic E-state index is -0.392. The van der Waals surface area contributed by atoms with Gasteiger partial charge in [-0.3, -0.25) is 0 Å². The summed E-state index contributed by atoms with van der Waals surface area (Å²) in [4.78, 5) is 16.2. The van der Waals surface area contributed by atoms with Crippen molar-refractivity contribution in [3.05, 3.63) is 140 Å². The quantitative estimate of drug-likeness (QED) is 0.186. The summed E-state index contributed by atoms with van der Waals surface area (Å²) in [7, 11) is 1.46. The van der Waals surface area contributed by atoms with Crippen LogP contribution in [-0.2, 0) is 9.53 Å². The Bertz CT molecular complexity index is 1580. The molecule has 5 rings (SSSR count). The average Bonchev–Trinajstić information content (AvgIpc) is 3.01. The Morgan fingerprint density at radius 3 is 1.72 bits per heavy atom. The van der Waals surface area contributed by atoms with E-state index in [0.717, 1.165) is 31.6 Å². The van der Waals surface area contributed by atoms with Crippen LogP contribution in [0.25, 0.3) is 0 Å². The molecule has 1 N–H and O–H groups in total. The Labute approximate surface area is 272 Å². The molecule has 0 radical (unpaired) electrons. The molecule has 0 bridgehead atoms. The predicted molar refractivity (Wildman–Crippen MR) is 185 cm³/mol. The lowest BCUT2D eigenvalue weighted by Gasteiger charge is -2.46. The van der Waals surface area contributed by atoms with Crippen molar-refractivity contribution in [1.82, 2.24) is 0 Å². The molecule has 4 aromatic carbocycles. The first-order valence-corrected chi connectivity index (χ1v) is 16.3. The van der Waals surface area contributed by atoms with Crippen molar-refractivity contribution in [2.75, 3.05) is 17.3 Å². The van der Waals surface area contributed by atoms with Crippen molar-refractivity contribution in [3.8, 4) is 0 Å². The summed E-state index contributed by atoms with van der Waals surface area (Å²) in [5, 5.41) is 3.64. The smallest absolute Gasteiger partial charge is 0.337 e. The second-order valence-corrected chi connectivity index (χ2v) is 13.5. The Morgan fingerprint density at radius 1 is 0.744 bits per heavy atom. The van der Waals surface area contributed by atoms with Gasteiger partial charge in [0.15, 0.2) is 0 Å². The van der Waals surface area contributed by atoms with Gasteiger partial charge in [-0.1, -0.05) is 108 Å². The molecule has 1 heterocycles. The second-order valence-electron chi connectivity index (χ2n) is 11.7. The molecule has 0 aromatic heterocycles. The standard InChI is InChI=1S/C37H38Br2N2O2/c1-23(2)25-6-10-27(11-7-25)34-22-33(40-31-18-14-29(38)15-19-31)35(37(42)43-5)36(28-12-8-26(9-13-28)24(3)4)41(34)32-20-16-30(39)17-21-32/h6-21,23-24,34,36,40H,22H2,1-5H3. The molecule has 222 valence electrons. The van der Waals surface area contributed by atoms with E-state index in [1.54, 1.807) is 0 Å². The Balaban J connectivity index is 1.76. The number of methoxy groups -OCH3 is 1. The molecule has 2 unspecified atom stereocenters.